The highest BCUT2D eigenvalue weighted by Crippen LogP contribution is 2.39. The minimum atomic E-state index is -0.813. The Hall–Kier alpha value is -2.49. The van der Waals surface area contributed by atoms with E-state index in [2.05, 4.69) is 6.92 Å². The third-order valence-electron chi connectivity index (χ3n) is 3.78. The summed E-state index contributed by atoms with van der Waals surface area (Å²) in [5.74, 6) is 0.741. The van der Waals surface area contributed by atoms with E-state index in [-0.39, 0.29) is 0 Å². The molecule has 4 heteroatoms. The van der Waals surface area contributed by atoms with Gasteiger partial charge in [-0.15, -0.1) is 0 Å². The molecule has 114 valence electrons. The quantitative estimate of drug-likeness (QED) is 0.816. The number of para-hydroxylation sites is 2. The van der Waals surface area contributed by atoms with Gasteiger partial charge in [-0.25, -0.2) is 4.79 Å². The maximum Gasteiger partial charge on any atom is 0.351 e. The summed E-state index contributed by atoms with van der Waals surface area (Å²) in [5.41, 5.74) is 2.12. The van der Waals surface area contributed by atoms with Gasteiger partial charge in [0, 0.05) is 0 Å². The molecule has 0 saturated carbocycles. The normalized spacial score (nSPS) is 19.5. The van der Waals surface area contributed by atoms with E-state index in [1.165, 1.54) is 12.7 Å². The number of fused-ring (bicyclic) bond motifs is 1. The molecule has 3 rings (SSSR count). The zero-order valence-corrected chi connectivity index (χ0v) is 12.6. The average molecular weight is 298 g/mol. The van der Waals surface area contributed by atoms with Crippen molar-refractivity contribution in [1.29, 1.82) is 0 Å². The Morgan fingerprint density at radius 2 is 1.68 bits per heavy atom. The Labute approximate surface area is 129 Å². The summed E-state index contributed by atoms with van der Waals surface area (Å²) in [6, 6.07) is 15.3. The van der Waals surface area contributed by atoms with Gasteiger partial charge in [0.15, 0.2) is 17.6 Å². The zero-order chi connectivity index (χ0) is 15.5. The smallest absolute Gasteiger partial charge is 0.351 e. The minimum Gasteiger partial charge on any atom is -0.477 e. The molecule has 1 aliphatic rings. The van der Waals surface area contributed by atoms with Crippen LogP contribution in [0.2, 0.25) is 0 Å². The highest BCUT2D eigenvalue weighted by Gasteiger charge is 2.38. The Balaban J connectivity index is 1.96. The molecule has 1 heterocycles. The number of hydrogen-bond acceptors (Lipinski definition) is 4. The Kier molecular flexibility index (Phi) is 4.00. The molecule has 0 N–H and O–H groups in total. The SMILES string of the molecule is CCc1ccc([C@@H]2Oc3ccccc3O[C@@H]2C(=O)OC)cc1. The molecule has 0 aliphatic carbocycles. The molecule has 0 fully saturated rings. The standard InChI is InChI=1S/C18H18O4/c1-3-12-8-10-13(11-9-12)16-17(18(19)20-2)22-15-7-5-4-6-14(15)21-16/h4-11,16-17H,3H2,1-2H3/t16-,17-/m0/s1. The number of carbonyl (C=O) groups excluding carboxylic acids is 1. The summed E-state index contributed by atoms with van der Waals surface area (Å²) in [5, 5.41) is 0. The average Bonchev–Trinajstić information content (AvgIpc) is 2.60. The maximum atomic E-state index is 12.1. The molecule has 0 bridgehead atoms. The van der Waals surface area contributed by atoms with E-state index in [0.29, 0.717) is 11.5 Å². The summed E-state index contributed by atoms with van der Waals surface area (Å²) in [6.07, 6.45) is -0.369. The van der Waals surface area contributed by atoms with Gasteiger partial charge in [-0.3, -0.25) is 0 Å². The monoisotopic (exact) mass is 298 g/mol. The van der Waals surface area contributed by atoms with Crippen LogP contribution in [0.15, 0.2) is 48.5 Å². The van der Waals surface area contributed by atoms with Gasteiger partial charge < -0.3 is 14.2 Å². The molecule has 0 unspecified atom stereocenters. The number of esters is 1. The van der Waals surface area contributed by atoms with E-state index in [0.717, 1.165) is 12.0 Å². The van der Waals surface area contributed by atoms with Crippen molar-refractivity contribution in [2.75, 3.05) is 7.11 Å². The van der Waals surface area contributed by atoms with Crippen LogP contribution in [0.4, 0.5) is 0 Å². The first-order valence-corrected chi connectivity index (χ1v) is 7.32. The summed E-state index contributed by atoms with van der Waals surface area (Å²) < 4.78 is 16.7. The second-order valence-electron chi connectivity index (χ2n) is 5.14. The van der Waals surface area contributed by atoms with Crippen LogP contribution >= 0.6 is 0 Å². The molecule has 0 saturated heterocycles. The van der Waals surface area contributed by atoms with Gasteiger partial charge in [0.2, 0.25) is 6.10 Å². The molecule has 0 aromatic heterocycles. The van der Waals surface area contributed by atoms with Crippen molar-refractivity contribution in [2.24, 2.45) is 0 Å². The Bertz CT molecular complexity index is 663. The van der Waals surface area contributed by atoms with Crippen molar-refractivity contribution in [2.45, 2.75) is 25.6 Å². The van der Waals surface area contributed by atoms with E-state index >= 15 is 0 Å². The van der Waals surface area contributed by atoms with Gasteiger partial charge >= 0.3 is 5.97 Å². The summed E-state index contributed by atoms with van der Waals surface area (Å²) in [4.78, 5) is 12.1. The second-order valence-corrected chi connectivity index (χ2v) is 5.14. The van der Waals surface area contributed by atoms with Crippen molar-refractivity contribution in [3.05, 3.63) is 59.7 Å². The molecule has 22 heavy (non-hydrogen) atoms. The predicted octanol–water partition coefficient (Wildman–Crippen LogP) is 3.30. The summed E-state index contributed by atoms with van der Waals surface area (Å²) in [6.45, 7) is 2.10. The molecule has 0 radical (unpaired) electrons. The third kappa shape index (κ3) is 2.64. The Morgan fingerprint density at radius 1 is 1.05 bits per heavy atom. The van der Waals surface area contributed by atoms with Gasteiger partial charge in [-0.05, 0) is 29.7 Å². The van der Waals surface area contributed by atoms with E-state index in [9.17, 15) is 4.79 Å². The molecule has 1 aliphatic heterocycles. The van der Waals surface area contributed by atoms with Crippen molar-refractivity contribution in [1.82, 2.24) is 0 Å². The van der Waals surface area contributed by atoms with Crippen LogP contribution < -0.4 is 9.47 Å². The topological polar surface area (TPSA) is 44.8 Å². The molecule has 4 nitrogen and oxygen atoms in total. The fraction of sp³-hybridized carbons (Fsp3) is 0.278. The molecular weight excluding hydrogens is 280 g/mol. The molecule has 2 aromatic carbocycles. The Morgan fingerprint density at radius 3 is 2.27 bits per heavy atom. The van der Waals surface area contributed by atoms with Crippen molar-refractivity contribution in [3.63, 3.8) is 0 Å². The predicted molar refractivity (Wildman–Crippen MR) is 82.1 cm³/mol. The van der Waals surface area contributed by atoms with Crippen molar-refractivity contribution in [3.8, 4) is 11.5 Å². The largest absolute Gasteiger partial charge is 0.477 e. The molecule has 2 aromatic rings. The van der Waals surface area contributed by atoms with Crippen LogP contribution in [-0.4, -0.2) is 19.2 Å². The number of rotatable bonds is 3. The summed E-state index contributed by atoms with van der Waals surface area (Å²) >= 11 is 0. The number of methoxy groups -OCH3 is 1. The van der Waals surface area contributed by atoms with Gasteiger partial charge in [0.1, 0.15) is 0 Å². The fourth-order valence-electron chi connectivity index (χ4n) is 2.52. The highest BCUT2D eigenvalue weighted by molar-refractivity contribution is 5.77. The van der Waals surface area contributed by atoms with E-state index in [1.807, 2.05) is 42.5 Å². The van der Waals surface area contributed by atoms with Gasteiger partial charge in [-0.1, -0.05) is 43.3 Å². The van der Waals surface area contributed by atoms with Gasteiger partial charge in [-0.2, -0.15) is 0 Å². The number of carbonyl (C=O) groups is 1. The first kappa shape index (κ1) is 14.4. The van der Waals surface area contributed by atoms with Gasteiger partial charge in [0.05, 0.1) is 7.11 Å². The third-order valence-corrected chi connectivity index (χ3v) is 3.78. The zero-order valence-electron chi connectivity index (χ0n) is 12.6. The first-order chi connectivity index (χ1) is 10.7. The lowest BCUT2D eigenvalue weighted by atomic mass is 10.0. The van der Waals surface area contributed by atoms with Crippen LogP contribution in [-0.2, 0) is 16.0 Å². The van der Waals surface area contributed by atoms with Crippen molar-refractivity contribution >= 4 is 5.97 Å². The van der Waals surface area contributed by atoms with Crippen LogP contribution in [0.1, 0.15) is 24.2 Å². The maximum absolute atomic E-state index is 12.1. The van der Waals surface area contributed by atoms with Crippen LogP contribution in [0.3, 0.4) is 0 Å². The second kappa shape index (κ2) is 6.10. The highest BCUT2D eigenvalue weighted by atomic mass is 16.6. The molecule has 0 amide bonds. The number of hydrogen-bond donors (Lipinski definition) is 0. The number of ether oxygens (including phenoxy) is 3. The summed E-state index contributed by atoms with van der Waals surface area (Å²) in [7, 11) is 1.35. The molecule has 2 atom stereocenters. The van der Waals surface area contributed by atoms with Gasteiger partial charge in [0.25, 0.3) is 0 Å². The van der Waals surface area contributed by atoms with Crippen LogP contribution in [0.5, 0.6) is 11.5 Å². The lowest BCUT2D eigenvalue weighted by Crippen LogP contribution is -2.40. The van der Waals surface area contributed by atoms with E-state index < -0.39 is 18.2 Å². The minimum absolute atomic E-state index is 0.445. The number of aryl methyl sites for hydroxylation is 1. The van der Waals surface area contributed by atoms with E-state index in [1.54, 1.807) is 6.07 Å². The first-order valence-electron chi connectivity index (χ1n) is 7.32. The van der Waals surface area contributed by atoms with Crippen LogP contribution in [0.25, 0.3) is 0 Å². The number of benzene rings is 2. The molecule has 0 spiro atoms. The lowest BCUT2D eigenvalue weighted by Gasteiger charge is -2.32. The van der Waals surface area contributed by atoms with Crippen LogP contribution in [0, 0.1) is 0 Å². The van der Waals surface area contributed by atoms with Crippen molar-refractivity contribution < 1.29 is 19.0 Å². The lowest BCUT2D eigenvalue weighted by molar-refractivity contribution is -0.155. The molecular formula is C18H18O4. The fourth-order valence-corrected chi connectivity index (χ4v) is 2.52. The van der Waals surface area contributed by atoms with E-state index in [4.69, 9.17) is 14.2 Å².